The Morgan fingerprint density at radius 2 is 2.11 bits per heavy atom. The third-order valence-corrected chi connectivity index (χ3v) is 4.40. The van der Waals surface area contributed by atoms with Crippen LogP contribution in [-0.4, -0.2) is 46.2 Å². The van der Waals surface area contributed by atoms with Gasteiger partial charge in [-0.1, -0.05) is 13.8 Å². The molecule has 0 atom stereocenters. The van der Waals surface area contributed by atoms with Crippen LogP contribution in [-0.2, 0) is 6.54 Å². The number of nitrogens with zero attached hydrogens (tertiary/aromatic N) is 3. The lowest BCUT2D eigenvalue weighted by Gasteiger charge is -2.47. The molecule has 4 heteroatoms. The summed E-state index contributed by atoms with van der Waals surface area (Å²) in [7, 11) is 0. The first-order chi connectivity index (χ1) is 8.80. The van der Waals surface area contributed by atoms with Crippen molar-refractivity contribution >= 4 is 0 Å². The molecule has 0 spiro atoms. The molecule has 1 fully saturated rings. The summed E-state index contributed by atoms with van der Waals surface area (Å²) in [5, 5.41) is 3.55. The zero-order valence-corrected chi connectivity index (χ0v) is 11.7. The third-order valence-electron chi connectivity index (χ3n) is 4.40. The zero-order chi connectivity index (χ0) is 12.8. The van der Waals surface area contributed by atoms with Gasteiger partial charge in [0.15, 0.2) is 0 Å². The number of nitrogens with one attached hydrogen (secondary N) is 1. The van der Waals surface area contributed by atoms with E-state index in [0.29, 0.717) is 5.54 Å². The van der Waals surface area contributed by atoms with Gasteiger partial charge in [0.2, 0.25) is 0 Å². The smallest absolute Gasteiger partial charge is 0.0945 e. The molecule has 1 aliphatic rings. The monoisotopic (exact) mass is 250 g/mol. The molecule has 1 aromatic heterocycles. The summed E-state index contributed by atoms with van der Waals surface area (Å²) in [4.78, 5) is 6.78. The number of aryl methyl sites for hydroxylation is 1. The Morgan fingerprint density at radius 3 is 2.78 bits per heavy atom. The number of imidazole rings is 1. The van der Waals surface area contributed by atoms with E-state index >= 15 is 0 Å². The average molecular weight is 250 g/mol. The van der Waals surface area contributed by atoms with E-state index < -0.39 is 0 Å². The normalized spacial score (nSPS) is 20.1. The standard InChI is InChI=1S/C14H26N4/c1-3-14(4-2)12-15-7-11-18(14)9-5-8-17-10-6-16-13-17/h6,10,13,15H,3-5,7-9,11-12H2,1-2H3. The minimum Gasteiger partial charge on any atom is -0.337 e. The van der Waals surface area contributed by atoms with Crippen molar-refractivity contribution in [1.29, 1.82) is 0 Å². The van der Waals surface area contributed by atoms with Gasteiger partial charge in [-0.05, 0) is 19.3 Å². The second-order valence-electron chi connectivity index (χ2n) is 5.25. The highest BCUT2D eigenvalue weighted by Crippen LogP contribution is 2.25. The van der Waals surface area contributed by atoms with Crippen LogP contribution in [0.25, 0.3) is 0 Å². The number of hydrogen-bond acceptors (Lipinski definition) is 3. The molecule has 0 radical (unpaired) electrons. The van der Waals surface area contributed by atoms with Gasteiger partial charge in [-0.25, -0.2) is 4.98 Å². The largest absolute Gasteiger partial charge is 0.337 e. The van der Waals surface area contributed by atoms with Gasteiger partial charge in [0.05, 0.1) is 6.33 Å². The summed E-state index contributed by atoms with van der Waals surface area (Å²) in [5.41, 5.74) is 0.382. The zero-order valence-electron chi connectivity index (χ0n) is 11.7. The van der Waals surface area contributed by atoms with Crippen LogP contribution in [0.4, 0.5) is 0 Å². The quantitative estimate of drug-likeness (QED) is 0.835. The summed E-state index contributed by atoms with van der Waals surface area (Å²) < 4.78 is 2.17. The van der Waals surface area contributed by atoms with Crippen LogP contribution in [0.15, 0.2) is 18.7 Å². The SMILES string of the molecule is CCC1(CC)CNCCN1CCCn1ccnc1. The first-order valence-electron chi connectivity index (χ1n) is 7.22. The van der Waals surface area contributed by atoms with Crippen LogP contribution in [0, 0.1) is 0 Å². The van der Waals surface area contributed by atoms with Gasteiger partial charge in [0.25, 0.3) is 0 Å². The maximum Gasteiger partial charge on any atom is 0.0945 e. The lowest BCUT2D eigenvalue weighted by molar-refractivity contribution is 0.0501. The number of piperazine rings is 1. The molecule has 0 aliphatic carbocycles. The van der Waals surface area contributed by atoms with E-state index in [1.54, 1.807) is 0 Å². The van der Waals surface area contributed by atoms with E-state index in [1.807, 2.05) is 18.7 Å². The topological polar surface area (TPSA) is 33.1 Å². The van der Waals surface area contributed by atoms with Crippen LogP contribution >= 0.6 is 0 Å². The fourth-order valence-corrected chi connectivity index (χ4v) is 3.04. The van der Waals surface area contributed by atoms with Crippen LogP contribution in [0.3, 0.4) is 0 Å². The molecule has 0 unspecified atom stereocenters. The molecule has 1 aliphatic heterocycles. The van der Waals surface area contributed by atoms with Gasteiger partial charge in [0, 0.05) is 50.7 Å². The van der Waals surface area contributed by atoms with Crippen molar-refractivity contribution in [2.75, 3.05) is 26.2 Å². The molecule has 2 heterocycles. The van der Waals surface area contributed by atoms with Crippen LogP contribution in [0.2, 0.25) is 0 Å². The van der Waals surface area contributed by atoms with Crippen molar-refractivity contribution in [3.63, 3.8) is 0 Å². The Morgan fingerprint density at radius 1 is 1.28 bits per heavy atom. The lowest BCUT2D eigenvalue weighted by atomic mass is 9.88. The van der Waals surface area contributed by atoms with Gasteiger partial charge in [0.1, 0.15) is 0 Å². The van der Waals surface area contributed by atoms with E-state index in [-0.39, 0.29) is 0 Å². The number of hydrogen-bond donors (Lipinski definition) is 1. The lowest BCUT2D eigenvalue weighted by Crippen LogP contribution is -2.60. The van der Waals surface area contributed by atoms with E-state index in [9.17, 15) is 0 Å². The summed E-state index contributed by atoms with van der Waals surface area (Å²) in [6, 6.07) is 0. The molecule has 102 valence electrons. The molecule has 0 bridgehead atoms. The van der Waals surface area contributed by atoms with Crippen LogP contribution < -0.4 is 5.32 Å². The molecular weight excluding hydrogens is 224 g/mol. The average Bonchev–Trinajstić information content (AvgIpc) is 2.93. The van der Waals surface area contributed by atoms with Gasteiger partial charge in [-0.2, -0.15) is 0 Å². The predicted molar refractivity (Wildman–Crippen MR) is 74.6 cm³/mol. The Labute approximate surface area is 110 Å². The Bertz CT molecular complexity index is 330. The Balaban J connectivity index is 1.85. The molecule has 0 aromatic carbocycles. The Hall–Kier alpha value is -0.870. The highest BCUT2D eigenvalue weighted by Gasteiger charge is 2.34. The van der Waals surface area contributed by atoms with Gasteiger partial charge >= 0.3 is 0 Å². The van der Waals surface area contributed by atoms with E-state index in [0.717, 1.165) is 19.6 Å². The molecule has 2 rings (SSSR count). The van der Waals surface area contributed by atoms with Gasteiger partial charge < -0.3 is 9.88 Å². The molecule has 4 nitrogen and oxygen atoms in total. The highest BCUT2D eigenvalue weighted by molar-refractivity contribution is 4.94. The Kier molecular flexibility index (Phi) is 4.78. The maximum atomic E-state index is 4.09. The van der Waals surface area contributed by atoms with Crippen molar-refractivity contribution in [2.24, 2.45) is 0 Å². The summed E-state index contributed by atoms with van der Waals surface area (Å²) in [6.07, 6.45) is 9.49. The minimum atomic E-state index is 0.382. The second kappa shape index (κ2) is 6.34. The van der Waals surface area contributed by atoms with E-state index in [4.69, 9.17) is 0 Å². The van der Waals surface area contributed by atoms with E-state index in [1.165, 1.54) is 32.4 Å². The van der Waals surface area contributed by atoms with Crippen molar-refractivity contribution in [1.82, 2.24) is 19.8 Å². The first-order valence-corrected chi connectivity index (χ1v) is 7.22. The van der Waals surface area contributed by atoms with Crippen molar-refractivity contribution in [2.45, 2.75) is 45.2 Å². The molecule has 1 aromatic rings. The molecule has 18 heavy (non-hydrogen) atoms. The molecule has 1 N–H and O–H groups in total. The fourth-order valence-electron chi connectivity index (χ4n) is 3.04. The van der Waals surface area contributed by atoms with Gasteiger partial charge in [-0.3, -0.25) is 4.90 Å². The molecular formula is C14H26N4. The third kappa shape index (κ3) is 2.93. The van der Waals surface area contributed by atoms with E-state index in [2.05, 4.69) is 33.6 Å². The second-order valence-corrected chi connectivity index (χ2v) is 5.25. The summed E-state index contributed by atoms with van der Waals surface area (Å²) >= 11 is 0. The van der Waals surface area contributed by atoms with Crippen LogP contribution in [0.1, 0.15) is 33.1 Å². The minimum absolute atomic E-state index is 0.382. The van der Waals surface area contributed by atoms with Crippen molar-refractivity contribution < 1.29 is 0 Å². The molecule has 0 amide bonds. The fraction of sp³-hybridized carbons (Fsp3) is 0.786. The predicted octanol–water partition coefficient (Wildman–Crippen LogP) is 1.74. The molecule has 0 saturated carbocycles. The van der Waals surface area contributed by atoms with Crippen molar-refractivity contribution in [3.05, 3.63) is 18.7 Å². The number of aromatic nitrogens is 2. The number of rotatable bonds is 6. The van der Waals surface area contributed by atoms with Gasteiger partial charge in [-0.15, -0.1) is 0 Å². The summed E-state index contributed by atoms with van der Waals surface area (Å²) in [5.74, 6) is 0. The highest BCUT2D eigenvalue weighted by atomic mass is 15.3. The summed E-state index contributed by atoms with van der Waals surface area (Å²) in [6.45, 7) is 10.4. The first kappa shape index (κ1) is 13.6. The maximum absolute atomic E-state index is 4.09. The van der Waals surface area contributed by atoms with Crippen molar-refractivity contribution in [3.8, 4) is 0 Å². The van der Waals surface area contributed by atoms with Crippen LogP contribution in [0.5, 0.6) is 0 Å². The molecule has 1 saturated heterocycles.